The van der Waals surface area contributed by atoms with E-state index in [0.29, 0.717) is 0 Å². The van der Waals surface area contributed by atoms with Gasteiger partial charge in [0.1, 0.15) is 23.0 Å². The van der Waals surface area contributed by atoms with Crippen molar-refractivity contribution in [3.8, 4) is 134 Å². The van der Waals surface area contributed by atoms with Crippen LogP contribution in [0, 0.1) is 0 Å². The van der Waals surface area contributed by atoms with Gasteiger partial charge in [0, 0.05) is 78.9 Å². The van der Waals surface area contributed by atoms with Crippen LogP contribution in [0.3, 0.4) is 0 Å². The quantitative estimate of drug-likeness (QED) is 0.101. The Labute approximate surface area is 812 Å². The minimum atomic E-state index is -0.678. The van der Waals surface area contributed by atoms with Gasteiger partial charge in [-0.05, 0) is 199 Å². The van der Waals surface area contributed by atoms with E-state index in [0.717, 1.165) is 257 Å². The van der Waals surface area contributed by atoms with E-state index in [2.05, 4.69) is 526 Å². The Balaban J connectivity index is 0.859. The number of anilines is 12. The Morgan fingerprint density at radius 2 is 0.417 bits per heavy atom. The zero-order valence-corrected chi connectivity index (χ0v) is 77.0. The molecule has 0 amide bonds. The van der Waals surface area contributed by atoms with Gasteiger partial charge in [-0.3, -0.25) is 0 Å². The lowest BCUT2D eigenvalue weighted by molar-refractivity contribution is 0.490. The van der Waals surface area contributed by atoms with E-state index in [1.165, 1.54) is 0 Å². The molecule has 0 saturated carbocycles. The average Bonchev–Trinajstić information content (AvgIpc) is 0.662. The molecule has 21 aromatic rings. The number of benzene rings is 21. The zero-order valence-electron chi connectivity index (χ0n) is 77.0. The highest BCUT2D eigenvalue weighted by molar-refractivity contribution is 7.05. The van der Waals surface area contributed by atoms with Crippen LogP contribution in [-0.2, 0) is 5.41 Å². The summed E-state index contributed by atoms with van der Waals surface area (Å²) in [5.74, 6) is 3.16. The number of hydrogen-bond donors (Lipinski definition) is 0. The van der Waals surface area contributed by atoms with Crippen molar-refractivity contribution < 1.29 is 9.47 Å². The summed E-state index contributed by atoms with van der Waals surface area (Å²) in [7, 11) is 0. The van der Waals surface area contributed by atoms with Gasteiger partial charge >= 0.3 is 0 Å². The van der Waals surface area contributed by atoms with E-state index < -0.39 is 25.6 Å². The Hall–Kier alpha value is -17.4. The van der Waals surface area contributed by atoms with Crippen molar-refractivity contribution in [2.45, 2.75) is 26.2 Å². The maximum absolute atomic E-state index is 8.80. The maximum Gasteiger partial charge on any atom is 0.261 e. The SMILES string of the molecule is CC(C)(C)c1cc2c3c(c1)N(c1ccccc1-c1ccccc1)c1cc4c5c(c1B3c1c(cc3c6c1Oc1cc(-c7ccccc7)ccc1B6c1ccc(-c6ccccc6)cc1N3c1c(-c3ccccc3)cccc1-c1ccccc1)N2c1ccccc1-c1ccccc1)Oc1cc(-c2ccccc2)ccc1B5c1ccc(-c2ccccc2)cc1N4c1c(-c2ccccc2)cccc1-c1ccccc1. The molecule has 9 heteroatoms. The first-order valence-electron chi connectivity index (χ1n) is 48.4. The molecule has 6 nitrogen and oxygen atoms in total. The molecule has 0 unspecified atom stereocenters. The standard InChI is InChI=1S/C130H89B3N4O2/c1-130(2,3)98-80-113-121-114(81-98)135(110-67-37-35-61-100(110)89-50-24-9-25-51-89)116-83-118-123-129(139-120-79-97(87-46-20-7-21-47-87)71-75-108(120)132(123)106-73-69-95(85-42-16-5-17-43-85)77-112(106)137(118)127-103(92-56-30-12-31-57-92)64-39-65-104(127)93-58-32-13-33-59-93)125(116)133(121)124-115(134(113)109-66-36-34-60-99(109)88-48-22-8-23-49-88)82-117-122-128(124)138-119-78-96(86-44-18-6-19-45-86)70-74-107(119)131(122)105-72-68-94(84-40-14-4-15-41-84)76-111(105)136(117)126-101(90-52-26-10-27-53-90)62-38-63-102(126)91-54-28-11-29-55-91/h4-83H,1-3H3. The normalized spacial score (nSPS) is 13.0. The van der Waals surface area contributed by atoms with Crippen LogP contribution in [0.2, 0.25) is 0 Å². The molecule has 0 bridgehead atoms. The van der Waals surface area contributed by atoms with Gasteiger partial charge in [0.05, 0.1) is 22.7 Å². The maximum atomic E-state index is 8.80. The summed E-state index contributed by atoms with van der Waals surface area (Å²) >= 11 is 0. The third-order valence-electron chi connectivity index (χ3n) is 29.5. The van der Waals surface area contributed by atoms with Gasteiger partial charge in [0.25, 0.3) is 20.1 Å². The van der Waals surface area contributed by atoms with Gasteiger partial charge in [-0.25, -0.2) is 0 Å². The van der Waals surface area contributed by atoms with Crippen LogP contribution in [0.4, 0.5) is 68.2 Å². The van der Waals surface area contributed by atoms with Crippen molar-refractivity contribution in [3.05, 3.63) is 491 Å². The summed E-state index contributed by atoms with van der Waals surface area (Å²) in [6, 6.07) is 181. The van der Waals surface area contributed by atoms with Crippen LogP contribution in [0.25, 0.3) is 111 Å². The minimum Gasteiger partial charge on any atom is -0.459 e. The second-order valence-corrected chi connectivity index (χ2v) is 38.3. The molecule has 0 saturated heterocycles. The number of para-hydroxylation sites is 4. The molecule has 27 rings (SSSR count). The molecule has 0 aliphatic carbocycles. The van der Waals surface area contributed by atoms with E-state index in [9.17, 15) is 0 Å². The lowest BCUT2D eigenvalue weighted by Crippen LogP contribution is -2.67. The highest BCUT2D eigenvalue weighted by Crippen LogP contribution is 2.59. The zero-order chi connectivity index (χ0) is 92.1. The molecule has 6 aliphatic rings. The van der Waals surface area contributed by atoms with E-state index in [1.54, 1.807) is 0 Å². The van der Waals surface area contributed by atoms with Crippen molar-refractivity contribution in [2.24, 2.45) is 0 Å². The first kappa shape index (κ1) is 81.2. The first-order valence-corrected chi connectivity index (χ1v) is 48.4. The second kappa shape index (κ2) is 32.7. The smallest absolute Gasteiger partial charge is 0.261 e. The Bertz CT molecular complexity index is 7880. The third kappa shape index (κ3) is 13.2. The molecule has 650 valence electrons. The van der Waals surface area contributed by atoms with Crippen LogP contribution in [-0.4, -0.2) is 20.1 Å². The van der Waals surface area contributed by atoms with Crippen molar-refractivity contribution in [1.29, 1.82) is 0 Å². The highest BCUT2D eigenvalue weighted by atomic mass is 16.5. The molecule has 0 radical (unpaired) electrons. The minimum absolute atomic E-state index is 0.407. The van der Waals surface area contributed by atoms with Gasteiger partial charge in [-0.2, -0.15) is 0 Å². The molecule has 0 fully saturated rings. The third-order valence-corrected chi connectivity index (χ3v) is 29.5. The number of ether oxygens (including phenoxy) is 2. The lowest BCUT2D eigenvalue weighted by atomic mass is 9.28. The largest absolute Gasteiger partial charge is 0.459 e. The summed E-state index contributed by atoms with van der Waals surface area (Å²) in [6.07, 6.45) is 0. The van der Waals surface area contributed by atoms with Crippen LogP contribution in [0.5, 0.6) is 23.0 Å². The van der Waals surface area contributed by atoms with Gasteiger partial charge in [0.15, 0.2) is 0 Å². The van der Waals surface area contributed by atoms with Crippen molar-refractivity contribution in [1.82, 2.24) is 0 Å². The van der Waals surface area contributed by atoms with Gasteiger partial charge in [-0.15, -0.1) is 0 Å². The molecular formula is C130H89B3N4O2. The molecule has 0 aromatic heterocycles. The van der Waals surface area contributed by atoms with E-state index in [-0.39, 0.29) is 0 Å². The molecule has 0 spiro atoms. The van der Waals surface area contributed by atoms with Crippen LogP contribution in [0.1, 0.15) is 26.3 Å². The molecule has 21 aromatic carbocycles. The molecule has 139 heavy (non-hydrogen) atoms. The number of fused-ring (bicyclic) bond motifs is 14. The number of rotatable bonds is 14. The topological polar surface area (TPSA) is 31.4 Å². The Morgan fingerprint density at radius 1 is 0.173 bits per heavy atom. The summed E-state index contributed by atoms with van der Waals surface area (Å²) in [5, 5.41) is 0. The fraction of sp³-hybridized carbons (Fsp3) is 0.0308. The monoisotopic (exact) mass is 1770 g/mol. The fourth-order valence-corrected chi connectivity index (χ4v) is 23.2. The summed E-state index contributed by atoms with van der Waals surface area (Å²) in [4.78, 5) is 10.7. The molecular weight excluding hydrogens is 1680 g/mol. The van der Waals surface area contributed by atoms with Crippen LogP contribution in [0.15, 0.2) is 485 Å². The summed E-state index contributed by atoms with van der Waals surface area (Å²) in [5.41, 5.74) is 44.5. The van der Waals surface area contributed by atoms with E-state index in [1.807, 2.05) is 0 Å². The van der Waals surface area contributed by atoms with Crippen molar-refractivity contribution >= 4 is 138 Å². The predicted molar refractivity (Wildman–Crippen MR) is 585 cm³/mol. The van der Waals surface area contributed by atoms with Gasteiger partial charge in [0.2, 0.25) is 0 Å². The second-order valence-electron chi connectivity index (χ2n) is 38.3. The molecule has 6 heterocycles. The van der Waals surface area contributed by atoms with Gasteiger partial charge < -0.3 is 29.1 Å². The Kier molecular flexibility index (Phi) is 19.1. The number of hydrogen-bond acceptors (Lipinski definition) is 6. The first-order chi connectivity index (χ1) is 68.7. The van der Waals surface area contributed by atoms with Crippen molar-refractivity contribution in [3.63, 3.8) is 0 Å². The summed E-state index contributed by atoms with van der Waals surface area (Å²) < 4.78 is 17.6. The number of nitrogens with zero attached hydrogens (tertiary/aromatic N) is 4. The predicted octanol–water partition coefficient (Wildman–Crippen LogP) is 28.5. The molecule has 0 N–H and O–H groups in total. The Morgan fingerprint density at radius 3 is 0.727 bits per heavy atom. The summed E-state index contributed by atoms with van der Waals surface area (Å²) in [6.45, 7) is 5.68. The van der Waals surface area contributed by atoms with Crippen LogP contribution >= 0.6 is 0 Å². The van der Waals surface area contributed by atoms with E-state index in [4.69, 9.17) is 9.47 Å². The molecule has 6 aliphatic heterocycles. The average molecular weight is 1770 g/mol. The highest BCUT2D eigenvalue weighted by Gasteiger charge is 2.56. The fourth-order valence-electron chi connectivity index (χ4n) is 23.2. The van der Waals surface area contributed by atoms with E-state index >= 15 is 0 Å². The lowest BCUT2D eigenvalue weighted by Gasteiger charge is -2.50. The molecule has 0 atom stereocenters. The van der Waals surface area contributed by atoms with Crippen molar-refractivity contribution in [2.75, 3.05) is 19.6 Å². The van der Waals surface area contributed by atoms with Gasteiger partial charge in [-0.1, -0.05) is 445 Å². The van der Waals surface area contributed by atoms with Crippen LogP contribution < -0.4 is 78.2 Å².